The second kappa shape index (κ2) is 12.4. The third kappa shape index (κ3) is 6.83. The van der Waals surface area contributed by atoms with E-state index in [0.717, 1.165) is 0 Å². The van der Waals surface area contributed by atoms with Gasteiger partial charge >= 0.3 is 196 Å². The fraction of sp³-hybridized carbons (Fsp3) is 0.667. The van der Waals surface area contributed by atoms with E-state index >= 15 is 0 Å². The average Bonchev–Trinajstić information content (AvgIpc) is 3.01. The molecule has 1 aromatic carbocycles. The summed E-state index contributed by atoms with van der Waals surface area (Å²) in [5.41, 5.74) is 3.80. The summed E-state index contributed by atoms with van der Waals surface area (Å²) in [4.78, 5) is 18.2. The van der Waals surface area contributed by atoms with Crippen LogP contribution in [0.3, 0.4) is 0 Å². The second-order valence-electron chi connectivity index (χ2n) is 10.2. The summed E-state index contributed by atoms with van der Waals surface area (Å²) in [6, 6.07) is 9.40. The molecule has 0 bridgehead atoms. The standard InChI is InChI=1S/C15H18NO2.3C4H9.Sn/c1-11-9-10-15(2,3)13(11)16-18-14(17)12-7-5-4-6-8-12;3*1-3-4-2;/h4-8,10-11,13,16H,1-3H3;3*1,3-4H2,2H3;. The van der Waals surface area contributed by atoms with Crippen LogP contribution in [0.2, 0.25) is 13.3 Å². The third-order valence-corrected chi connectivity index (χ3v) is 23.7. The van der Waals surface area contributed by atoms with Crippen LogP contribution in [0.1, 0.15) is 90.4 Å². The fourth-order valence-electron chi connectivity index (χ4n) is 5.44. The zero-order valence-electron chi connectivity index (χ0n) is 20.8. The minimum atomic E-state index is -2.50. The number of unbranched alkanes of at least 4 members (excludes halogenated alkanes) is 3. The molecule has 4 heteroatoms. The number of nitrogens with one attached hydrogen (secondary N) is 1. The van der Waals surface area contributed by atoms with Crippen molar-refractivity contribution < 1.29 is 9.63 Å². The van der Waals surface area contributed by atoms with Crippen LogP contribution in [0, 0.1) is 11.3 Å². The summed E-state index contributed by atoms with van der Waals surface area (Å²) in [5, 5.41) is 0. The van der Waals surface area contributed by atoms with E-state index in [9.17, 15) is 4.79 Å². The number of hydrogen-bond donors (Lipinski definition) is 1. The van der Waals surface area contributed by atoms with E-state index in [-0.39, 0.29) is 17.4 Å². The van der Waals surface area contributed by atoms with Gasteiger partial charge in [-0.1, -0.05) is 0 Å². The van der Waals surface area contributed by atoms with Crippen molar-refractivity contribution in [2.24, 2.45) is 11.3 Å². The number of carbonyl (C=O) groups excluding carboxylic acids is 1. The molecule has 1 aromatic rings. The van der Waals surface area contributed by atoms with Gasteiger partial charge in [-0.05, 0) is 0 Å². The Morgan fingerprint density at radius 3 is 1.97 bits per heavy atom. The summed E-state index contributed by atoms with van der Waals surface area (Å²) < 4.78 is 6.25. The molecule has 2 unspecified atom stereocenters. The number of benzene rings is 1. The Balaban J connectivity index is 2.24. The molecule has 0 heterocycles. The van der Waals surface area contributed by atoms with Crippen LogP contribution in [0.25, 0.3) is 0 Å². The van der Waals surface area contributed by atoms with E-state index in [1.54, 1.807) is 12.1 Å². The molecule has 3 nitrogen and oxygen atoms in total. The average molecular weight is 534 g/mol. The molecule has 2 atom stereocenters. The Morgan fingerprint density at radius 1 is 0.968 bits per heavy atom. The fourth-order valence-corrected chi connectivity index (χ4v) is 24.0. The summed E-state index contributed by atoms with van der Waals surface area (Å²) in [6.45, 7) is 14.0. The van der Waals surface area contributed by atoms with Crippen molar-refractivity contribution in [3.63, 3.8) is 0 Å². The summed E-state index contributed by atoms with van der Waals surface area (Å²) in [5.74, 6) is 0.134. The molecular formula is C27H45NO2Sn. The second-order valence-corrected chi connectivity index (χ2v) is 23.4. The van der Waals surface area contributed by atoms with Crippen LogP contribution in [0.5, 0.6) is 0 Å². The molecule has 0 aliphatic heterocycles. The van der Waals surface area contributed by atoms with Gasteiger partial charge < -0.3 is 0 Å². The zero-order chi connectivity index (χ0) is 22.9. The molecule has 0 aromatic heterocycles. The van der Waals surface area contributed by atoms with Crippen molar-refractivity contribution in [3.05, 3.63) is 45.6 Å². The first-order valence-corrected chi connectivity index (χ1v) is 20.0. The molecule has 0 saturated heterocycles. The Labute approximate surface area is 195 Å². The van der Waals surface area contributed by atoms with Crippen LogP contribution < -0.4 is 5.48 Å². The van der Waals surface area contributed by atoms with Crippen molar-refractivity contribution in [1.82, 2.24) is 5.48 Å². The molecule has 31 heavy (non-hydrogen) atoms. The van der Waals surface area contributed by atoms with Gasteiger partial charge in [-0.25, -0.2) is 0 Å². The van der Waals surface area contributed by atoms with Crippen molar-refractivity contribution in [3.8, 4) is 0 Å². The van der Waals surface area contributed by atoms with Gasteiger partial charge in [-0.2, -0.15) is 0 Å². The minimum absolute atomic E-state index is 0.0153. The van der Waals surface area contributed by atoms with Gasteiger partial charge in [0, 0.05) is 0 Å². The first-order valence-electron chi connectivity index (χ1n) is 12.6. The van der Waals surface area contributed by atoms with Crippen molar-refractivity contribution in [2.45, 2.75) is 99.4 Å². The molecule has 174 valence electrons. The third-order valence-electron chi connectivity index (χ3n) is 7.25. The molecule has 1 aliphatic rings. The Hall–Kier alpha value is -0.811. The van der Waals surface area contributed by atoms with Gasteiger partial charge in [-0.3, -0.25) is 0 Å². The van der Waals surface area contributed by atoms with E-state index in [1.807, 2.05) is 21.8 Å². The van der Waals surface area contributed by atoms with Gasteiger partial charge in [-0.15, -0.1) is 0 Å². The van der Waals surface area contributed by atoms with Crippen molar-refractivity contribution in [1.29, 1.82) is 0 Å². The first-order chi connectivity index (χ1) is 14.8. The van der Waals surface area contributed by atoms with Gasteiger partial charge in [0.2, 0.25) is 0 Å². The van der Waals surface area contributed by atoms with Crippen LogP contribution >= 0.6 is 0 Å². The monoisotopic (exact) mass is 535 g/mol. The van der Waals surface area contributed by atoms with Crippen LogP contribution in [0.15, 0.2) is 40.0 Å². The first kappa shape index (κ1) is 26.4. The summed E-state index contributed by atoms with van der Waals surface area (Å²) in [7, 11) is 0. The predicted molar refractivity (Wildman–Crippen MR) is 135 cm³/mol. The molecule has 0 amide bonds. The Morgan fingerprint density at radius 2 is 1.48 bits per heavy atom. The van der Waals surface area contributed by atoms with Crippen LogP contribution in [0.4, 0.5) is 0 Å². The number of hydrogen-bond acceptors (Lipinski definition) is 3. The van der Waals surface area contributed by atoms with E-state index in [0.29, 0.717) is 11.5 Å². The maximum atomic E-state index is 12.5. The van der Waals surface area contributed by atoms with Crippen molar-refractivity contribution in [2.75, 3.05) is 0 Å². The summed E-state index contributed by atoms with van der Waals surface area (Å²) in [6.07, 6.45) is 10.6. The molecule has 1 N–H and O–H groups in total. The quantitative estimate of drug-likeness (QED) is 0.208. The topological polar surface area (TPSA) is 38.3 Å². The Bertz CT molecular complexity index is 691. The van der Waals surface area contributed by atoms with Gasteiger partial charge in [0.1, 0.15) is 0 Å². The normalized spacial score (nSPS) is 20.5. The molecule has 0 saturated carbocycles. The van der Waals surface area contributed by atoms with Gasteiger partial charge in [0.05, 0.1) is 0 Å². The Kier molecular flexibility index (Phi) is 10.6. The summed E-state index contributed by atoms with van der Waals surface area (Å²) >= 11 is -2.50. The number of carbonyl (C=O) groups is 1. The predicted octanol–water partition coefficient (Wildman–Crippen LogP) is 7.71. The van der Waals surface area contributed by atoms with E-state index in [4.69, 9.17) is 4.84 Å². The van der Waals surface area contributed by atoms with E-state index in [2.05, 4.69) is 53.1 Å². The number of hydroxylamine groups is 1. The molecule has 0 radical (unpaired) electrons. The van der Waals surface area contributed by atoms with Gasteiger partial charge in [0.25, 0.3) is 0 Å². The van der Waals surface area contributed by atoms with E-state index < -0.39 is 18.4 Å². The maximum absolute atomic E-state index is 12.5. The van der Waals surface area contributed by atoms with E-state index in [1.165, 1.54) is 51.8 Å². The van der Waals surface area contributed by atoms with Crippen LogP contribution in [-0.4, -0.2) is 30.4 Å². The number of rotatable bonds is 13. The molecule has 2 rings (SSSR count). The zero-order valence-corrected chi connectivity index (χ0v) is 23.7. The van der Waals surface area contributed by atoms with Crippen molar-refractivity contribution >= 4 is 24.3 Å². The van der Waals surface area contributed by atoms with Gasteiger partial charge in [0.15, 0.2) is 0 Å². The molecular weight excluding hydrogens is 489 g/mol. The molecule has 0 fully saturated rings. The SMILES string of the molecule is CCC[CH2][Sn]([CH2]CCC)([CH2]CCC)[C]1=CC(C)(C)C(NOC(=O)c2ccccc2)C1C. The van der Waals surface area contributed by atoms with Crippen LogP contribution in [-0.2, 0) is 4.84 Å². The molecule has 1 aliphatic carbocycles. The molecule has 0 spiro atoms.